The molecule has 2 unspecified atom stereocenters. The van der Waals surface area contributed by atoms with Gasteiger partial charge in [-0.3, -0.25) is 4.57 Å². The van der Waals surface area contributed by atoms with Crippen molar-refractivity contribution in [2.75, 3.05) is 5.73 Å². The van der Waals surface area contributed by atoms with Gasteiger partial charge in [0.2, 0.25) is 6.23 Å². The monoisotopic (exact) mass is 305 g/mol. The Kier molecular flexibility index (Phi) is 4.26. The molecule has 2 heterocycles. The number of rotatable bonds is 4. The number of aromatic nitrogens is 2. The van der Waals surface area contributed by atoms with E-state index < -0.39 is 36.2 Å². The number of hydrogen-bond donors (Lipinski definition) is 3. The van der Waals surface area contributed by atoms with Gasteiger partial charge in [-0.15, -0.1) is 0 Å². The molecule has 1 aliphatic rings. The average Bonchev–Trinajstić information content (AvgIpc) is 2.62. The van der Waals surface area contributed by atoms with E-state index in [1.807, 2.05) is 0 Å². The number of nitrogens with two attached hydrogens (primary N) is 1. The van der Waals surface area contributed by atoms with Crippen molar-refractivity contribution in [3.63, 3.8) is 0 Å². The number of halogens is 2. The maximum atomic E-state index is 14.1. The lowest BCUT2D eigenvalue weighted by atomic mass is 10.0. The number of aliphatic hydroxyl groups is 2. The van der Waals surface area contributed by atoms with Gasteiger partial charge in [0, 0.05) is 6.20 Å². The second-order valence-electron chi connectivity index (χ2n) is 4.97. The molecule has 1 fully saturated rings. The minimum Gasteiger partial charge on any atom is -0.390 e. The fraction of sp³-hybridized carbons (Fsp3) is 0.667. The van der Waals surface area contributed by atoms with Crippen LogP contribution in [0, 0.1) is 0 Å². The van der Waals surface area contributed by atoms with Crippen LogP contribution in [0.5, 0.6) is 0 Å². The van der Waals surface area contributed by atoms with Crippen LogP contribution < -0.4 is 11.4 Å². The van der Waals surface area contributed by atoms with Crippen molar-refractivity contribution in [3.05, 3.63) is 22.7 Å². The van der Waals surface area contributed by atoms with E-state index in [0.717, 1.165) is 6.20 Å². The number of aliphatic hydroxyl groups excluding tert-OH is 2. The lowest BCUT2D eigenvalue weighted by Gasteiger charge is -2.21. The smallest absolute Gasteiger partial charge is 0.351 e. The molecule has 1 aliphatic heterocycles. The molecule has 1 saturated heterocycles. The SMILES string of the molecule is CCCC(O)C1O[C@@H](n2ccc(N)nc2=O)C(F)(F)[C@@H]1O. The average molecular weight is 305 g/mol. The lowest BCUT2D eigenvalue weighted by Crippen LogP contribution is -2.43. The first-order valence-corrected chi connectivity index (χ1v) is 6.53. The highest BCUT2D eigenvalue weighted by molar-refractivity contribution is 5.23. The Morgan fingerprint density at radius 3 is 2.86 bits per heavy atom. The van der Waals surface area contributed by atoms with E-state index in [2.05, 4.69) is 4.98 Å². The van der Waals surface area contributed by atoms with Crippen molar-refractivity contribution >= 4 is 5.82 Å². The highest BCUT2D eigenvalue weighted by atomic mass is 19.3. The van der Waals surface area contributed by atoms with Crippen LogP contribution in [0.1, 0.15) is 26.0 Å². The first-order chi connectivity index (χ1) is 9.78. The van der Waals surface area contributed by atoms with Crippen LogP contribution in [-0.4, -0.2) is 44.0 Å². The van der Waals surface area contributed by atoms with Crippen molar-refractivity contribution in [3.8, 4) is 0 Å². The van der Waals surface area contributed by atoms with Gasteiger partial charge >= 0.3 is 11.6 Å². The molecule has 7 nitrogen and oxygen atoms in total. The molecule has 1 aromatic rings. The molecular weight excluding hydrogens is 288 g/mol. The standard InChI is InChI=1S/C12H17F2N3O4/c1-2-3-6(18)8-9(19)12(13,14)10(21-8)17-5-4-7(15)16-11(17)20/h4-6,8-10,18-19H,2-3H2,1H3,(H2,15,16,20)/t6?,8?,9-,10-/m1/s1. The number of nitrogen functional groups attached to an aromatic ring is 1. The summed E-state index contributed by atoms with van der Waals surface area (Å²) in [5, 5.41) is 19.5. The van der Waals surface area contributed by atoms with Gasteiger partial charge in [-0.25, -0.2) is 4.79 Å². The molecule has 0 spiro atoms. The predicted octanol–water partition coefficient (Wildman–Crippen LogP) is -0.120. The molecule has 0 saturated carbocycles. The molecule has 21 heavy (non-hydrogen) atoms. The van der Waals surface area contributed by atoms with Gasteiger partial charge in [0.1, 0.15) is 11.9 Å². The van der Waals surface area contributed by atoms with Crippen LogP contribution in [0.3, 0.4) is 0 Å². The fourth-order valence-corrected chi connectivity index (χ4v) is 2.30. The highest BCUT2D eigenvalue weighted by Crippen LogP contribution is 2.43. The molecule has 0 bridgehead atoms. The third-order valence-corrected chi connectivity index (χ3v) is 3.39. The molecule has 4 atom stereocenters. The molecule has 0 amide bonds. The Balaban J connectivity index is 2.34. The zero-order chi connectivity index (χ0) is 15.8. The van der Waals surface area contributed by atoms with E-state index in [1.54, 1.807) is 6.92 Å². The molecular formula is C12H17F2N3O4. The Hall–Kier alpha value is -1.58. The van der Waals surface area contributed by atoms with Crippen molar-refractivity contribution < 1.29 is 23.7 Å². The van der Waals surface area contributed by atoms with E-state index in [4.69, 9.17) is 10.5 Å². The van der Waals surface area contributed by atoms with E-state index in [9.17, 15) is 23.8 Å². The molecule has 4 N–H and O–H groups in total. The minimum absolute atomic E-state index is 0.110. The van der Waals surface area contributed by atoms with Crippen LogP contribution in [-0.2, 0) is 4.74 Å². The maximum Gasteiger partial charge on any atom is 0.351 e. The predicted molar refractivity (Wildman–Crippen MR) is 68.7 cm³/mol. The summed E-state index contributed by atoms with van der Waals surface area (Å²) in [5.41, 5.74) is 4.28. The van der Waals surface area contributed by atoms with E-state index >= 15 is 0 Å². The number of ether oxygens (including phenoxy) is 1. The zero-order valence-corrected chi connectivity index (χ0v) is 11.3. The van der Waals surface area contributed by atoms with E-state index in [-0.39, 0.29) is 12.2 Å². The Bertz CT molecular complexity index is 566. The second kappa shape index (κ2) is 5.66. The van der Waals surface area contributed by atoms with Gasteiger partial charge in [-0.05, 0) is 12.5 Å². The van der Waals surface area contributed by atoms with Gasteiger partial charge in [0.05, 0.1) is 6.10 Å². The van der Waals surface area contributed by atoms with Gasteiger partial charge in [-0.1, -0.05) is 13.3 Å². The summed E-state index contributed by atoms with van der Waals surface area (Å²) in [4.78, 5) is 15.0. The maximum absolute atomic E-state index is 14.1. The van der Waals surface area contributed by atoms with Crippen LogP contribution in [0.4, 0.5) is 14.6 Å². The number of nitrogens with zero attached hydrogens (tertiary/aromatic N) is 2. The van der Waals surface area contributed by atoms with Crippen molar-refractivity contribution in [2.24, 2.45) is 0 Å². The third kappa shape index (κ3) is 2.76. The van der Waals surface area contributed by atoms with Crippen LogP contribution in [0.25, 0.3) is 0 Å². The summed E-state index contributed by atoms with van der Waals surface area (Å²) in [7, 11) is 0. The molecule has 1 aromatic heterocycles. The van der Waals surface area contributed by atoms with Gasteiger partial charge in [0.25, 0.3) is 0 Å². The molecule has 118 valence electrons. The minimum atomic E-state index is -3.74. The first-order valence-electron chi connectivity index (χ1n) is 6.53. The lowest BCUT2D eigenvalue weighted by molar-refractivity contribution is -0.141. The van der Waals surface area contributed by atoms with Crippen LogP contribution in [0.15, 0.2) is 17.1 Å². The van der Waals surface area contributed by atoms with Crippen molar-refractivity contribution in [1.82, 2.24) is 9.55 Å². The number of hydrogen-bond acceptors (Lipinski definition) is 6. The summed E-state index contributed by atoms with van der Waals surface area (Å²) in [5.74, 6) is -3.85. The van der Waals surface area contributed by atoms with Crippen molar-refractivity contribution in [2.45, 2.75) is 50.2 Å². The molecule has 2 rings (SSSR count). The topological polar surface area (TPSA) is 111 Å². The Morgan fingerprint density at radius 1 is 1.62 bits per heavy atom. The van der Waals surface area contributed by atoms with Gasteiger partial charge < -0.3 is 20.7 Å². The Morgan fingerprint density at radius 2 is 2.29 bits per heavy atom. The summed E-state index contributed by atoms with van der Waals surface area (Å²) < 4.78 is 33.8. The summed E-state index contributed by atoms with van der Waals surface area (Å²) in [6, 6.07) is 1.17. The fourth-order valence-electron chi connectivity index (χ4n) is 2.30. The van der Waals surface area contributed by atoms with Crippen LogP contribution in [0.2, 0.25) is 0 Å². The highest BCUT2D eigenvalue weighted by Gasteiger charge is 2.61. The summed E-state index contributed by atoms with van der Waals surface area (Å²) >= 11 is 0. The largest absolute Gasteiger partial charge is 0.390 e. The molecule has 0 aromatic carbocycles. The number of alkyl halides is 2. The summed E-state index contributed by atoms with van der Waals surface area (Å²) in [6.45, 7) is 1.76. The third-order valence-electron chi connectivity index (χ3n) is 3.39. The zero-order valence-electron chi connectivity index (χ0n) is 11.3. The normalized spacial score (nSPS) is 29.5. The van der Waals surface area contributed by atoms with E-state index in [1.165, 1.54) is 6.07 Å². The number of anilines is 1. The summed E-state index contributed by atoms with van der Waals surface area (Å²) in [6.07, 6.45) is -5.23. The molecule has 0 aliphatic carbocycles. The molecule has 0 radical (unpaired) electrons. The quantitative estimate of drug-likeness (QED) is 0.715. The van der Waals surface area contributed by atoms with Crippen LogP contribution >= 0.6 is 0 Å². The first kappa shape index (κ1) is 15.8. The van der Waals surface area contributed by atoms with Gasteiger partial charge in [0.15, 0.2) is 6.10 Å². The van der Waals surface area contributed by atoms with Gasteiger partial charge in [-0.2, -0.15) is 13.8 Å². The van der Waals surface area contributed by atoms with E-state index in [0.29, 0.717) is 11.0 Å². The Labute approximate surface area is 119 Å². The second-order valence-corrected chi connectivity index (χ2v) is 4.97. The molecule has 9 heteroatoms. The van der Waals surface area contributed by atoms with Crippen molar-refractivity contribution in [1.29, 1.82) is 0 Å².